The van der Waals surface area contributed by atoms with Gasteiger partial charge in [-0.1, -0.05) is 0 Å². The van der Waals surface area contributed by atoms with Crippen molar-refractivity contribution in [3.63, 3.8) is 0 Å². The molecule has 0 rings (SSSR count). The molecule has 9 heavy (non-hydrogen) atoms. The third kappa shape index (κ3) is 2.78. The van der Waals surface area contributed by atoms with E-state index in [2.05, 4.69) is 31.0 Å². The maximum absolute atomic E-state index is 4.94. The van der Waals surface area contributed by atoms with Gasteiger partial charge in [-0.2, -0.15) is 0 Å². The first-order valence-electron chi connectivity index (χ1n) is 2.11. The third-order valence-corrected chi connectivity index (χ3v) is 7.80. The van der Waals surface area contributed by atoms with E-state index < -0.39 is 4.69 Å². The van der Waals surface area contributed by atoms with E-state index in [1.54, 1.807) is 0 Å². The van der Waals surface area contributed by atoms with Crippen LogP contribution in [-0.4, -0.2) is 21.3 Å². The summed E-state index contributed by atoms with van der Waals surface area (Å²) in [5, 5.41) is 0. The topological polar surface area (TPSA) is 27.7 Å². The van der Waals surface area contributed by atoms with E-state index in [0.29, 0.717) is 0 Å². The van der Waals surface area contributed by atoms with Gasteiger partial charge in [0, 0.05) is 0 Å². The van der Waals surface area contributed by atoms with Gasteiger partial charge >= 0.3 is 70.6 Å². The Labute approximate surface area is 70.7 Å². The molecule has 0 aliphatic carbocycles. The number of rotatable bonds is 3. The van der Waals surface area contributed by atoms with Gasteiger partial charge in [0.05, 0.1) is 0 Å². The summed E-state index contributed by atoms with van der Waals surface area (Å²) in [6, 6.07) is 0. The van der Waals surface area contributed by atoms with Crippen LogP contribution in [0.4, 0.5) is 0 Å². The standard InChI is InChI=1S/C3H9Br2O3P/c1-6-9(4,5,7-2)8-3/h1-3H3. The van der Waals surface area contributed by atoms with E-state index in [1.165, 1.54) is 21.3 Å². The first-order valence-corrected chi connectivity index (χ1v) is 8.14. The molecule has 0 fully saturated rings. The van der Waals surface area contributed by atoms with Crippen molar-refractivity contribution in [1.82, 2.24) is 0 Å². The quantitative estimate of drug-likeness (QED) is 0.746. The van der Waals surface area contributed by atoms with Gasteiger partial charge in [0.25, 0.3) is 0 Å². The number of halogens is 2. The molecule has 0 amide bonds. The van der Waals surface area contributed by atoms with Crippen molar-refractivity contribution in [2.24, 2.45) is 0 Å². The molecule has 0 aromatic rings. The molecule has 0 heterocycles. The average molecular weight is 284 g/mol. The van der Waals surface area contributed by atoms with Crippen molar-refractivity contribution < 1.29 is 13.6 Å². The van der Waals surface area contributed by atoms with Gasteiger partial charge in [-0.15, -0.1) is 0 Å². The molecule has 0 atom stereocenters. The zero-order valence-corrected chi connectivity index (χ0v) is 9.49. The van der Waals surface area contributed by atoms with E-state index in [1.807, 2.05) is 0 Å². The fourth-order valence-corrected chi connectivity index (χ4v) is 0.671. The summed E-state index contributed by atoms with van der Waals surface area (Å²) in [6.45, 7) is 0. The van der Waals surface area contributed by atoms with Crippen LogP contribution in [0, 0.1) is 0 Å². The van der Waals surface area contributed by atoms with Crippen molar-refractivity contribution in [3.8, 4) is 0 Å². The molecule has 0 aromatic heterocycles. The molecule has 0 N–H and O–H groups in total. The van der Waals surface area contributed by atoms with Crippen LogP contribution in [0.5, 0.6) is 0 Å². The summed E-state index contributed by atoms with van der Waals surface area (Å²) in [5.41, 5.74) is 0. The van der Waals surface area contributed by atoms with Crippen molar-refractivity contribution >= 4 is 35.7 Å². The second-order valence-corrected chi connectivity index (χ2v) is 13.9. The van der Waals surface area contributed by atoms with Crippen LogP contribution < -0.4 is 0 Å². The van der Waals surface area contributed by atoms with Gasteiger partial charge in [0.2, 0.25) is 0 Å². The summed E-state index contributed by atoms with van der Waals surface area (Å²) in [5.74, 6) is 0. The van der Waals surface area contributed by atoms with Gasteiger partial charge in [0.1, 0.15) is 0 Å². The Balaban J connectivity index is 4.20. The minimum absolute atomic E-state index is 1.49. The molecule has 0 unspecified atom stereocenters. The first kappa shape index (κ1) is 10.3. The Bertz CT molecular complexity index is 88.2. The molecule has 3 nitrogen and oxygen atoms in total. The Hall–Kier alpha value is 1.27. The predicted molar refractivity (Wildman–Crippen MR) is 45.8 cm³/mol. The SMILES string of the molecule is COP(Br)(Br)(OC)OC. The van der Waals surface area contributed by atoms with E-state index in [-0.39, 0.29) is 0 Å². The fraction of sp³-hybridized carbons (Fsp3) is 1.00. The van der Waals surface area contributed by atoms with E-state index in [0.717, 1.165) is 0 Å². The first-order chi connectivity index (χ1) is 3.96. The monoisotopic (exact) mass is 282 g/mol. The molecule has 0 saturated heterocycles. The summed E-state index contributed by atoms with van der Waals surface area (Å²) < 4.78 is 11.8. The van der Waals surface area contributed by atoms with Crippen LogP contribution >= 0.6 is 35.7 Å². The van der Waals surface area contributed by atoms with Crippen LogP contribution in [0.25, 0.3) is 0 Å². The van der Waals surface area contributed by atoms with Gasteiger partial charge in [-0.3, -0.25) is 0 Å². The molecule has 0 aromatic carbocycles. The number of hydrogen-bond acceptors (Lipinski definition) is 3. The molecule has 0 saturated carbocycles. The second kappa shape index (κ2) is 3.11. The van der Waals surface area contributed by atoms with Gasteiger partial charge in [0.15, 0.2) is 0 Å². The van der Waals surface area contributed by atoms with Crippen LogP contribution in [0.1, 0.15) is 0 Å². The average Bonchev–Trinajstić information content (AvgIpc) is 1.90. The fourth-order valence-electron chi connectivity index (χ4n) is 0.224. The van der Waals surface area contributed by atoms with Crippen LogP contribution in [-0.2, 0) is 13.6 Å². The predicted octanol–water partition coefficient (Wildman–Crippen LogP) is 2.84. The van der Waals surface area contributed by atoms with Crippen LogP contribution in [0.15, 0.2) is 0 Å². The molecule has 58 valence electrons. The maximum atomic E-state index is 4.94. The Morgan fingerprint density at radius 1 is 0.889 bits per heavy atom. The van der Waals surface area contributed by atoms with Crippen molar-refractivity contribution in [2.45, 2.75) is 0 Å². The molecule has 0 spiro atoms. The van der Waals surface area contributed by atoms with Crippen molar-refractivity contribution in [2.75, 3.05) is 21.3 Å². The van der Waals surface area contributed by atoms with Gasteiger partial charge in [-0.05, 0) is 0 Å². The zero-order valence-electron chi connectivity index (χ0n) is 5.43. The van der Waals surface area contributed by atoms with Crippen molar-refractivity contribution in [3.05, 3.63) is 0 Å². The Morgan fingerprint density at radius 2 is 1.11 bits per heavy atom. The Morgan fingerprint density at radius 3 is 1.11 bits per heavy atom. The molecule has 0 bridgehead atoms. The summed E-state index contributed by atoms with van der Waals surface area (Å²) in [7, 11) is 4.48. The molecule has 6 heteroatoms. The van der Waals surface area contributed by atoms with E-state index in [9.17, 15) is 0 Å². The molecule has 0 aliphatic heterocycles. The van der Waals surface area contributed by atoms with Crippen LogP contribution in [0.3, 0.4) is 0 Å². The van der Waals surface area contributed by atoms with Crippen LogP contribution in [0.2, 0.25) is 0 Å². The normalized spacial score (nSPS) is 16.8. The second-order valence-electron chi connectivity index (χ2n) is 1.25. The third-order valence-electron chi connectivity index (χ3n) is 0.861. The molecular weight excluding hydrogens is 275 g/mol. The number of hydrogen-bond donors (Lipinski definition) is 0. The summed E-state index contributed by atoms with van der Waals surface area (Å²) in [4.78, 5) is 0. The zero-order chi connectivity index (χ0) is 7.57. The van der Waals surface area contributed by atoms with E-state index >= 15 is 0 Å². The molecule has 0 aliphatic rings. The van der Waals surface area contributed by atoms with E-state index in [4.69, 9.17) is 13.6 Å². The molecule has 0 radical (unpaired) electrons. The van der Waals surface area contributed by atoms with Gasteiger partial charge < -0.3 is 0 Å². The summed E-state index contributed by atoms with van der Waals surface area (Å²) in [6.07, 6.45) is 0. The molecular formula is C3H9Br2O3P. The van der Waals surface area contributed by atoms with Crippen molar-refractivity contribution in [1.29, 1.82) is 0 Å². The Kier molecular flexibility index (Phi) is 3.55. The summed E-state index contributed by atoms with van der Waals surface area (Å²) >= 11 is 6.33. The minimum atomic E-state index is -3.00. The van der Waals surface area contributed by atoms with Gasteiger partial charge in [-0.25, -0.2) is 0 Å².